The first-order valence-corrected chi connectivity index (χ1v) is 20.0. The van der Waals surface area contributed by atoms with Crippen molar-refractivity contribution in [2.75, 3.05) is 4.90 Å². The molecule has 274 valence electrons. The molecule has 12 rings (SSSR count). The van der Waals surface area contributed by atoms with E-state index in [0.29, 0.717) is 0 Å². The number of nitrogens with zero attached hydrogens (tertiary/aromatic N) is 1. The average molecular weight is 744 g/mol. The lowest BCUT2D eigenvalue weighted by molar-refractivity contribution is 0.648. The predicted molar refractivity (Wildman–Crippen MR) is 242 cm³/mol. The Kier molecular flexibility index (Phi) is 6.98. The summed E-state index contributed by atoms with van der Waals surface area (Å²) in [5.74, 6) is 0. The number of rotatable bonds is 5. The van der Waals surface area contributed by atoms with Gasteiger partial charge in [-0.1, -0.05) is 166 Å². The van der Waals surface area contributed by atoms with Crippen LogP contribution in [0.3, 0.4) is 0 Å². The second-order valence-electron chi connectivity index (χ2n) is 16.0. The van der Waals surface area contributed by atoms with Crippen LogP contribution in [-0.4, -0.2) is 0 Å². The molecule has 0 fully saturated rings. The number of benzene rings is 9. The van der Waals surface area contributed by atoms with Gasteiger partial charge in [-0.2, -0.15) is 0 Å². The van der Waals surface area contributed by atoms with E-state index in [4.69, 9.17) is 8.83 Å². The van der Waals surface area contributed by atoms with Crippen LogP contribution in [0.5, 0.6) is 0 Å². The second-order valence-corrected chi connectivity index (χ2v) is 16.0. The van der Waals surface area contributed by atoms with Gasteiger partial charge in [0.15, 0.2) is 5.58 Å². The number of para-hydroxylation sites is 4. The van der Waals surface area contributed by atoms with Crippen molar-refractivity contribution in [1.29, 1.82) is 0 Å². The van der Waals surface area contributed by atoms with Crippen molar-refractivity contribution in [2.24, 2.45) is 0 Å². The summed E-state index contributed by atoms with van der Waals surface area (Å²) in [6.45, 7) is 4.72. The lowest BCUT2D eigenvalue weighted by Crippen LogP contribution is -2.21. The zero-order chi connectivity index (χ0) is 38.5. The number of anilines is 3. The molecule has 11 aromatic rings. The summed E-state index contributed by atoms with van der Waals surface area (Å²) in [4.78, 5) is 2.42. The van der Waals surface area contributed by atoms with E-state index in [2.05, 4.69) is 195 Å². The minimum absolute atomic E-state index is 0.309. The van der Waals surface area contributed by atoms with Crippen molar-refractivity contribution in [1.82, 2.24) is 0 Å². The first-order chi connectivity index (χ1) is 28.5. The van der Waals surface area contributed by atoms with Crippen molar-refractivity contribution in [3.8, 4) is 33.4 Å². The molecular formula is C55H37NO2. The normalized spacial score (nSPS) is 13.1. The van der Waals surface area contributed by atoms with E-state index in [0.717, 1.165) is 83.2 Å². The lowest BCUT2D eigenvalue weighted by atomic mass is 9.80. The number of furan rings is 2. The fraction of sp³-hybridized carbons (Fsp3) is 0.0545. The highest BCUT2D eigenvalue weighted by Crippen LogP contribution is 2.58. The smallest absolute Gasteiger partial charge is 0.159 e. The summed E-state index contributed by atoms with van der Waals surface area (Å²) in [6.07, 6.45) is 0. The minimum Gasteiger partial charge on any atom is -0.455 e. The largest absolute Gasteiger partial charge is 0.455 e. The van der Waals surface area contributed by atoms with Crippen LogP contribution in [0.25, 0.3) is 88.0 Å². The van der Waals surface area contributed by atoms with Crippen molar-refractivity contribution in [2.45, 2.75) is 19.3 Å². The molecule has 58 heavy (non-hydrogen) atoms. The van der Waals surface area contributed by atoms with E-state index in [1.54, 1.807) is 0 Å². The molecule has 3 nitrogen and oxygen atoms in total. The van der Waals surface area contributed by atoms with Crippen LogP contribution in [0, 0.1) is 0 Å². The van der Waals surface area contributed by atoms with Crippen LogP contribution in [0.1, 0.15) is 25.0 Å². The predicted octanol–water partition coefficient (Wildman–Crippen LogP) is 15.7. The van der Waals surface area contributed by atoms with Gasteiger partial charge in [0.25, 0.3) is 0 Å². The van der Waals surface area contributed by atoms with Gasteiger partial charge in [-0.25, -0.2) is 0 Å². The molecule has 0 spiro atoms. The van der Waals surface area contributed by atoms with E-state index in [-0.39, 0.29) is 5.41 Å². The Hall–Kier alpha value is -7.36. The van der Waals surface area contributed by atoms with Gasteiger partial charge in [0.1, 0.15) is 16.7 Å². The molecule has 0 atom stereocenters. The van der Waals surface area contributed by atoms with Crippen molar-refractivity contribution < 1.29 is 8.83 Å². The van der Waals surface area contributed by atoms with Gasteiger partial charge in [-0.15, -0.1) is 0 Å². The summed E-state index contributed by atoms with van der Waals surface area (Å²) >= 11 is 0. The zero-order valence-corrected chi connectivity index (χ0v) is 32.2. The number of fused-ring (bicyclic) bond motifs is 10. The molecule has 1 aliphatic carbocycles. The maximum atomic E-state index is 7.38. The number of hydrogen-bond acceptors (Lipinski definition) is 3. The molecule has 0 saturated heterocycles. The van der Waals surface area contributed by atoms with E-state index >= 15 is 0 Å². The highest BCUT2D eigenvalue weighted by Gasteiger charge is 2.41. The quantitative estimate of drug-likeness (QED) is 0.176. The van der Waals surface area contributed by atoms with Gasteiger partial charge in [0, 0.05) is 49.5 Å². The zero-order valence-electron chi connectivity index (χ0n) is 32.2. The monoisotopic (exact) mass is 743 g/mol. The van der Waals surface area contributed by atoms with Crippen LogP contribution in [0.4, 0.5) is 17.1 Å². The highest BCUT2D eigenvalue weighted by atomic mass is 16.3. The SMILES string of the molecule is CC1(C)c2ccccc2-c2cc3c(oc4c(-c5cccc6ccccc56)cccc43)c(N(c3ccccc3)c3ccc(-c4cccc5c4oc4ccccc45)cc3)c21. The average Bonchev–Trinajstić information content (AvgIpc) is 3.92. The molecule has 0 aliphatic heterocycles. The van der Waals surface area contributed by atoms with E-state index in [9.17, 15) is 0 Å². The van der Waals surface area contributed by atoms with Crippen LogP contribution in [0.15, 0.2) is 197 Å². The molecule has 0 saturated carbocycles. The molecule has 0 radical (unpaired) electrons. The Balaban J connectivity index is 1.14. The van der Waals surface area contributed by atoms with Gasteiger partial charge in [-0.05, 0) is 80.6 Å². The Morgan fingerprint density at radius 1 is 0.397 bits per heavy atom. The van der Waals surface area contributed by atoms with Gasteiger partial charge >= 0.3 is 0 Å². The number of hydrogen-bond donors (Lipinski definition) is 0. The van der Waals surface area contributed by atoms with Gasteiger partial charge in [0.2, 0.25) is 0 Å². The topological polar surface area (TPSA) is 29.5 Å². The molecular weight excluding hydrogens is 707 g/mol. The van der Waals surface area contributed by atoms with Crippen LogP contribution < -0.4 is 4.90 Å². The van der Waals surface area contributed by atoms with Gasteiger partial charge in [-0.3, -0.25) is 0 Å². The third-order valence-electron chi connectivity index (χ3n) is 12.4. The van der Waals surface area contributed by atoms with Crippen LogP contribution >= 0.6 is 0 Å². The van der Waals surface area contributed by atoms with Crippen molar-refractivity contribution in [3.63, 3.8) is 0 Å². The maximum Gasteiger partial charge on any atom is 0.159 e. The van der Waals surface area contributed by atoms with Crippen LogP contribution in [0.2, 0.25) is 0 Å². The Morgan fingerprint density at radius 2 is 0.983 bits per heavy atom. The van der Waals surface area contributed by atoms with Gasteiger partial charge < -0.3 is 13.7 Å². The summed E-state index contributed by atoms with van der Waals surface area (Å²) in [7, 11) is 0. The summed E-state index contributed by atoms with van der Waals surface area (Å²) in [6, 6.07) is 67.4. The van der Waals surface area contributed by atoms with E-state index in [1.807, 2.05) is 12.1 Å². The third-order valence-corrected chi connectivity index (χ3v) is 12.4. The molecule has 1 aliphatic rings. The van der Waals surface area contributed by atoms with Gasteiger partial charge in [0.05, 0.1) is 5.69 Å². The van der Waals surface area contributed by atoms with Crippen LogP contribution in [-0.2, 0) is 5.41 Å². The van der Waals surface area contributed by atoms with E-state index < -0.39 is 0 Å². The highest BCUT2D eigenvalue weighted by molar-refractivity contribution is 6.18. The fourth-order valence-corrected chi connectivity index (χ4v) is 9.79. The Morgan fingerprint density at radius 3 is 1.83 bits per heavy atom. The Labute approximate surface area is 336 Å². The molecule has 2 aromatic heterocycles. The summed E-state index contributed by atoms with van der Waals surface area (Å²) in [5, 5.41) is 6.88. The molecule has 2 heterocycles. The third kappa shape index (κ3) is 4.68. The van der Waals surface area contributed by atoms with Crippen molar-refractivity contribution in [3.05, 3.63) is 199 Å². The lowest BCUT2D eigenvalue weighted by Gasteiger charge is -2.32. The summed E-state index contributed by atoms with van der Waals surface area (Å²) < 4.78 is 13.9. The fourth-order valence-electron chi connectivity index (χ4n) is 9.79. The standard InChI is InChI=1S/C55H37NO2/c1-55(2)48-27-10-8-20-41(48)46-33-47-45-26-14-24-43(40-23-12-16-34-15-6-7-19-38(34)40)53(45)58-54(47)51(50(46)55)56(36-17-4-3-5-18-36)37-31-29-35(30-32-37)39-22-13-25-44-42-21-9-11-28-49(42)57-52(39)44/h3-33H,1-2H3. The second kappa shape index (κ2) is 12.3. The van der Waals surface area contributed by atoms with E-state index in [1.165, 1.54) is 33.0 Å². The molecule has 3 heteroatoms. The van der Waals surface area contributed by atoms with Crippen molar-refractivity contribution >= 4 is 71.7 Å². The first-order valence-electron chi connectivity index (χ1n) is 20.0. The molecule has 9 aromatic carbocycles. The molecule has 0 unspecified atom stereocenters. The maximum absolute atomic E-state index is 7.38. The summed E-state index contributed by atoms with van der Waals surface area (Å²) in [5.41, 5.74) is 16.0. The molecule has 0 N–H and O–H groups in total. The molecule has 0 bridgehead atoms. The Bertz CT molecular complexity index is 3420. The minimum atomic E-state index is -0.309. The molecule has 0 amide bonds. The first kappa shape index (κ1) is 32.8.